The number of halogens is 3. The van der Waals surface area contributed by atoms with Crippen LogP contribution < -0.4 is 5.32 Å². The number of fused-ring (bicyclic) bond motifs is 1. The van der Waals surface area contributed by atoms with E-state index in [0.717, 1.165) is 11.1 Å². The van der Waals surface area contributed by atoms with Crippen LogP contribution in [0.25, 0.3) is 5.76 Å². The van der Waals surface area contributed by atoms with E-state index in [1.807, 2.05) is 39.8 Å². The number of nitrogens with one attached hydrogen (secondary N) is 1. The Kier molecular flexibility index (Phi) is 13.3. The van der Waals surface area contributed by atoms with Gasteiger partial charge in [0.25, 0.3) is 5.92 Å². The van der Waals surface area contributed by atoms with E-state index in [2.05, 4.69) is 28.6 Å². The molecule has 0 radical (unpaired) electrons. The molecule has 0 aliphatic carbocycles. The van der Waals surface area contributed by atoms with Gasteiger partial charge in [0.2, 0.25) is 0 Å². The van der Waals surface area contributed by atoms with Crippen LogP contribution in [0.15, 0.2) is 42.7 Å². The molecule has 0 amide bonds. The number of rotatable bonds is 8. The molecule has 170 valence electrons. The second-order valence-electron chi connectivity index (χ2n) is 6.03. The molecule has 2 unspecified atom stereocenters. The number of allylic oxidation sites excluding steroid dienone is 1. The lowest BCUT2D eigenvalue weighted by Crippen LogP contribution is -2.41. The van der Waals surface area contributed by atoms with E-state index in [0.29, 0.717) is 23.7 Å². The fourth-order valence-corrected chi connectivity index (χ4v) is 2.75. The number of ether oxygens (including phenoxy) is 1. The van der Waals surface area contributed by atoms with E-state index in [1.54, 1.807) is 13.1 Å². The molecule has 1 aliphatic rings. The molecule has 0 aromatic carbocycles. The molecule has 1 aromatic heterocycles. The molecule has 2 rings (SSSR count). The van der Waals surface area contributed by atoms with Crippen LogP contribution in [-0.4, -0.2) is 41.2 Å². The number of hydrogen-bond acceptors (Lipinski definition) is 4. The lowest BCUT2D eigenvalue weighted by molar-refractivity contribution is -0.0773. The van der Waals surface area contributed by atoms with Crippen LogP contribution in [0.2, 0.25) is 0 Å². The molecule has 0 fully saturated rings. The maximum absolute atomic E-state index is 14.0. The van der Waals surface area contributed by atoms with E-state index < -0.39 is 18.6 Å². The van der Waals surface area contributed by atoms with Crippen LogP contribution in [0.5, 0.6) is 0 Å². The van der Waals surface area contributed by atoms with Crippen molar-refractivity contribution in [2.24, 2.45) is 4.99 Å². The highest BCUT2D eigenvalue weighted by Gasteiger charge is 2.46. The van der Waals surface area contributed by atoms with E-state index in [4.69, 9.17) is 4.74 Å². The first kappa shape index (κ1) is 27.5. The first-order valence-corrected chi connectivity index (χ1v) is 10.2. The van der Waals surface area contributed by atoms with Gasteiger partial charge in [0.15, 0.2) is 6.67 Å². The van der Waals surface area contributed by atoms with Gasteiger partial charge in [0, 0.05) is 18.5 Å². The fourth-order valence-electron chi connectivity index (χ4n) is 2.75. The van der Waals surface area contributed by atoms with Gasteiger partial charge in [-0.05, 0) is 26.7 Å². The van der Waals surface area contributed by atoms with Crippen molar-refractivity contribution in [2.45, 2.75) is 65.5 Å². The van der Waals surface area contributed by atoms with Gasteiger partial charge in [-0.2, -0.15) is 5.10 Å². The largest absolute Gasteiger partial charge is 0.494 e. The molecule has 5 nitrogen and oxygen atoms in total. The van der Waals surface area contributed by atoms with Gasteiger partial charge in [0.1, 0.15) is 17.6 Å². The normalized spacial score (nSPS) is 17.9. The molecule has 1 aromatic rings. The van der Waals surface area contributed by atoms with Crippen LogP contribution in [0.4, 0.5) is 19.0 Å². The summed E-state index contributed by atoms with van der Waals surface area (Å²) in [6.45, 7) is 15.5. The quantitative estimate of drug-likeness (QED) is 0.295. The van der Waals surface area contributed by atoms with Gasteiger partial charge in [-0.25, -0.2) is 17.9 Å². The number of nitrogens with zero attached hydrogens (tertiary/aromatic N) is 3. The Labute approximate surface area is 178 Å². The summed E-state index contributed by atoms with van der Waals surface area (Å²) in [6.07, 6.45) is 9.18. The predicted octanol–water partition coefficient (Wildman–Crippen LogP) is 6.43. The Morgan fingerprint density at radius 2 is 2.10 bits per heavy atom. The molecule has 2 heterocycles. The maximum Gasteiger partial charge on any atom is 0.297 e. The number of aliphatic imine (C=N–C) groups is 1. The predicted molar refractivity (Wildman–Crippen MR) is 120 cm³/mol. The average Bonchev–Trinajstić information content (AvgIpc) is 3.18. The Bertz CT molecular complexity index is 699. The first-order valence-electron chi connectivity index (χ1n) is 10.2. The van der Waals surface area contributed by atoms with E-state index in [1.165, 1.54) is 12.4 Å². The molecule has 0 saturated carbocycles. The minimum Gasteiger partial charge on any atom is -0.494 e. The lowest BCUT2D eigenvalue weighted by atomic mass is 9.98. The van der Waals surface area contributed by atoms with Crippen molar-refractivity contribution < 1.29 is 17.9 Å². The van der Waals surface area contributed by atoms with Crippen LogP contribution in [0.1, 0.15) is 59.1 Å². The lowest BCUT2D eigenvalue weighted by Gasteiger charge is -2.34. The molecule has 0 bridgehead atoms. The monoisotopic (exact) mass is 428 g/mol. The third kappa shape index (κ3) is 7.72. The zero-order valence-corrected chi connectivity index (χ0v) is 18.7. The Morgan fingerprint density at radius 1 is 1.43 bits per heavy atom. The van der Waals surface area contributed by atoms with Crippen LogP contribution in [0.3, 0.4) is 0 Å². The van der Waals surface area contributed by atoms with Crippen molar-refractivity contribution >= 4 is 17.8 Å². The summed E-state index contributed by atoms with van der Waals surface area (Å²) in [5.41, 5.74) is 0.515. The minimum absolute atomic E-state index is 0.0582. The number of alkyl halides is 3. The van der Waals surface area contributed by atoms with Crippen molar-refractivity contribution in [3.05, 3.63) is 43.3 Å². The van der Waals surface area contributed by atoms with Crippen molar-refractivity contribution in [2.75, 3.05) is 18.6 Å². The topological polar surface area (TPSA) is 51.4 Å². The third-order valence-corrected chi connectivity index (χ3v) is 4.03. The van der Waals surface area contributed by atoms with Crippen molar-refractivity contribution in [3.8, 4) is 0 Å². The number of aromatic nitrogens is 2. The zero-order chi connectivity index (χ0) is 23.2. The molecule has 30 heavy (non-hydrogen) atoms. The summed E-state index contributed by atoms with van der Waals surface area (Å²) in [5.74, 6) is -2.74. The Balaban J connectivity index is 0.00000105. The fraction of sp³-hybridized carbons (Fsp3) is 0.545. The minimum atomic E-state index is -3.48. The highest BCUT2D eigenvalue weighted by atomic mass is 19.3. The van der Waals surface area contributed by atoms with Crippen molar-refractivity contribution in [1.82, 2.24) is 9.78 Å². The van der Waals surface area contributed by atoms with Gasteiger partial charge < -0.3 is 10.1 Å². The second kappa shape index (κ2) is 14.5. The molecule has 8 heteroatoms. The molecule has 0 saturated heterocycles. The smallest absolute Gasteiger partial charge is 0.297 e. The van der Waals surface area contributed by atoms with Crippen LogP contribution in [-0.2, 0) is 4.74 Å². The van der Waals surface area contributed by atoms with Crippen LogP contribution in [0, 0.1) is 0 Å². The highest BCUT2D eigenvalue weighted by Crippen LogP contribution is 2.41. The number of hydrogen-bond donors (Lipinski definition) is 1. The van der Waals surface area contributed by atoms with Gasteiger partial charge in [-0.15, -0.1) is 0 Å². The van der Waals surface area contributed by atoms with E-state index in [9.17, 15) is 13.2 Å². The Morgan fingerprint density at radius 3 is 2.57 bits per heavy atom. The third-order valence-electron chi connectivity index (χ3n) is 4.03. The van der Waals surface area contributed by atoms with E-state index >= 15 is 0 Å². The highest BCUT2D eigenvalue weighted by molar-refractivity contribution is 5.69. The average molecular weight is 429 g/mol. The second-order valence-corrected chi connectivity index (χ2v) is 6.03. The van der Waals surface area contributed by atoms with Crippen molar-refractivity contribution in [3.63, 3.8) is 0 Å². The standard InChI is InChI=1S/C16H22F3N3O.C4H7N.C2H6/c1-4-6-7-12-8-14(16(18,19)10-17)22-15(21-12)13(9-20-22)11(3)23-5-2;1-3-5-4-2;1-2/h6-7,9,12,14,21H,3-5,8,10H2,1-2H3;3-4H,1H2,2H3;1-2H3/b7-6+;;. The van der Waals surface area contributed by atoms with Gasteiger partial charge in [0.05, 0.1) is 18.4 Å². The molecule has 1 N–H and O–H groups in total. The SMILES string of the molecule is C=C(OCC)c1cnn2c1NC(/C=C/CC)CC2C(F)(F)CF.C=CN=CC.CC. The first-order chi connectivity index (χ1) is 14.4. The van der Waals surface area contributed by atoms with Crippen molar-refractivity contribution in [1.29, 1.82) is 0 Å². The summed E-state index contributed by atoms with van der Waals surface area (Å²) >= 11 is 0. The number of anilines is 1. The zero-order valence-electron chi connectivity index (χ0n) is 18.7. The molecule has 0 spiro atoms. The summed E-state index contributed by atoms with van der Waals surface area (Å²) in [7, 11) is 0. The van der Waals surface area contributed by atoms with Gasteiger partial charge in [-0.3, -0.25) is 4.99 Å². The van der Waals surface area contributed by atoms with E-state index in [-0.39, 0.29) is 12.5 Å². The summed E-state index contributed by atoms with van der Waals surface area (Å²) in [6, 6.07) is -1.67. The molecule has 2 atom stereocenters. The maximum atomic E-state index is 14.0. The van der Waals surface area contributed by atoms with Crippen LogP contribution >= 0.6 is 0 Å². The summed E-state index contributed by atoms with van der Waals surface area (Å²) in [5, 5.41) is 7.18. The van der Waals surface area contributed by atoms with Gasteiger partial charge in [-0.1, -0.05) is 46.1 Å². The summed E-state index contributed by atoms with van der Waals surface area (Å²) in [4.78, 5) is 3.61. The van der Waals surface area contributed by atoms with Gasteiger partial charge >= 0.3 is 0 Å². The Hall–Kier alpha value is -2.51. The summed E-state index contributed by atoms with van der Waals surface area (Å²) < 4.78 is 47.4. The molecular formula is C22H35F3N4O. The molecule has 1 aliphatic heterocycles. The molecular weight excluding hydrogens is 393 g/mol.